The molecule has 0 fully saturated rings. The van der Waals surface area contributed by atoms with E-state index in [0.29, 0.717) is 23.5 Å². The van der Waals surface area contributed by atoms with E-state index in [0.717, 1.165) is 32.1 Å². The van der Waals surface area contributed by atoms with Crippen molar-refractivity contribution in [3.05, 3.63) is 114 Å². The Labute approximate surface area is 242 Å². The highest BCUT2D eigenvalue weighted by Gasteiger charge is 2.52. The Morgan fingerprint density at radius 1 is 0.900 bits per heavy atom. The lowest BCUT2D eigenvalue weighted by atomic mass is 10.0. The largest absolute Gasteiger partial charge is 0.533 e. The fourth-order valence-electron chi connectivity index (χ4n) is 5.45. The van der Waals surface area contributed by atoms with Gasteiger partial charge in [-0.05, 0) is 46.1 Å². The highest BCUT2D eigenvalue weighted by atomic mass is 32.2. The highest BCUT2D eigenvalue weighted by Crippen LogP contribution is 2.44. The van der Waals surface area contributed by atoms with Gasteiger partial charge < -0.3 is 9.16 Å². The second kappa shape index (κ2) is 11.9. The van der Waals surface area contributed by atoms with Crippen molar-refractivity contribution in [1.82, 2.24) is 0 Å². The van der Waals surface area contributed by atoms with Crippen molar-refractivity contribution in [1.29, 1.82) is 0 Å². The predicted molar refractivity (Wildman–Crippen MR) is 169 cm³/mol. The third-order valence-electron chi connectivity index (χ3n) is 7.26. The van der Waals surface area contributed by atoms with Gasteiger partial charge >= 0.3 is 14.3 Å². The lowest BCUT2D eigenvalue weighted by molar-refractivity contribution is 0.0523. The monoisotopic (exact) mass is 565 g/mol. The summed E-state index contributed by atoms with van der Waals surface area (Å²) in [5.74, 6) is 0.792. The Bertz CT molecular complexity index is 1460. The number of nitrogens with zero attached hydrogens (tertiary/aromatic N) is 1. The van der Waals surface area contributed by atoms with Crippen molar-refractivity contribution in [2.24, 2.45) is 4.99 Å². The van der Waals surface area contributed by atoms with Gasteiger partial charge in [-0.15, -0.1) is 11.8 Å². The Balaban J connectivity index is 1.74. The molecule has 0 aliphatic carbocycles. The van der Waals surface area contributed by atoms with E-state index in [1.807, 2.05) is 49.5 Å². The number of carbonyl (C=O) groups excluding carboxylic acids is 1. The molecule has 0 N–H and O–H groups in total. The third kappa shape index (κ3) is 5.38. The van der Waals surface area contributed by atoms with Gasteiger partial charge in [0, 0.05) is 28.8 Å². The van der Waals surface area contributed by atoms with E-state index in [1.54, 1.807) is 11.8 Å². The zero-order chi connectivity index (χ0) is 28.2. The van der Waals surface area contributed by atoms with Gasteiger partial charge in [0.1, 0.15) is 11.3 Å². The van der Waals surface area contributed by atoms with E-state index in [-0.39, 0.29) is 17.6 Å². The minimum Gasteiger partial charge on any atom is -0.533 e. The number of hydrogen-bond acceptors (Lipinski definition) is 5. The van der Waals surface area contributed by atoms with E-state index < -0.39 is 8.32 Å². The smallest absolute Gasteiger partial charge is 0.342 e. The van der Waals surface area contributed by atoms with Crippen LogP contribution >= 0.6 is 11.8 Å². The zero-order valence-electron chi connectivity index (χ0n) is 23.5. The molecule has 0 bridgehead atoms. The normalized spacial score (nSPS) is 12.7. The summed E-state index contributed by atoms with van der Waals surface area (Å²) in [7, 11) is -2.99. The number of hydrogen-bond donors (Lipinski definition) is 0. The second-order valence-electron chi connectivity index (χ2n) is 10.8. The molecule has 0 unspecified atom stereocenters. The molecule has 0 spiro atoms. The first-order valence-corrected chi connectivity index (χ1v) is 16.6. The highest BCUT2D eigenvalue weighted by molar-refractivity contribution is 7.98. The standard InChI is InChI=1S/C34H35NO3SSi/c1-5-37-33(36)31-29(24-39-26-15-9-6-10-16-26)32-25(21-22-35-32)23-30(31)38-40(34(2,3)4,27-17-11-7-12-18-27)28-19-13-8-14-20-28/h6-20,22-23H,5,21,24H2,1-4H3. The van der Waals surface area contributed by atoms with Crippen LogP contribution in [0.4, 0.5) is 5.69 Å². The minimum absolute atomic E-state index is 0.254. The maximum atomic E-state index is 13.8. The molecule has 0 aromatic heterocycles. The van der Waals surface area contributed by atoms with Crippen LogP contribution in [-0.2, 0) is 16.9 Å². The van der Waals surface area contributed by atoms with Gasteiger partial charge in [0.2, 0.25) is 0 Å². The molecule has 0 saturated carbocycles. The summed E-state index contributed by atoms with van der Waals surface area (Å²) in [5, 5.41) is 2.05. The van der Waals surface area contributed by atoms with Crippen LogP contribution in [0.15, 0.2) is 107 Å². The lowest BCUT2D eigenvalue weighted by Gasteiger charge is -2.43. The first-order chi connectivity index (χ1) is 19.3. The van der Waals surface area contributed by atoms with Gasteiger partial charge in [0.25, 0.3) is 0 Å². The van der Waals surface area contributed by atoms with Gasteiger partial charge in [-0.1, -0.05) is 99.6 Å². The van der Waals surface area contributed by atoms with Crippen LogP contribution in [0.1, 0.15) is 49.2 Å². The molecule has 0 amide bonds. The molecule has 0 atom stereocenters. The Morgan fingerprint density at radius 2 is 1.48 bits per heavy atom. The van der Waals surface area contributed by atoms with Crippen LogP contribution in [0.5, 0.6) is 5.75 Å². The first kappa shape index (κ1) is 27.9. The summed E-state index contributed by atoms with van der Waals surface area (Å²) >= 11 is 1.69. The van der Waals surface area contributed by atoms with E-state index in [4.69, 9.17) is 14.2 Å². The van der Waals surface area contributed by atoms with Crippen LogP contribution in [0.2, 0.25) is 5.04 Å². The molecule has 0 radical (unpaired) electrons. The van der Waals surface area contributed by atoms with E-state index >= 15 is 0 Å². The Morgan fingerprint density at radius 3 is 2.02 bits per heavy atom. The second-order valence-corrected chi connectivity index (χ2v) is 16.1. The Hall–Kier alpha value is -3.61. The lowest BCUT2D eigenvalue weighted by Crippen LogP contribution is -2.69. The average Bonchev–Trinajstić information content (AvgIpc) is 3.44. The predicted octanol–water partition coefficient (Wildman–Crippen LogP) is 7.35. The van der Waals surface area contributed by atoms with Crippen molar-refractivity contribution in [2.75, 3.05) is 6.61 Å². The molecule has 4 nitrogen and oxygen atoms in total. The first-order valence-electron chi connectivity index (χ1n) is 13.7. The Kier molecular flexibility index (Phi) is 8.29. The van der Waals surface area contributed by atoms with Crippen molar-refractivity contribution in [3.63, 3.8) is 0 Å². The molecule has 1 aliphatic heterocycles. The van der Waals surface area contributed by atoms with E-state index in [9.17, 15) is 4.79 Å². The number of esters is 1. The van der Waals surface area contributed by atoms with Crippen LogP contribution in [-0.4, -0.2) is 27.1 Å². The minimum atomic E-state index is -2.99. The number of aliphatic imine (C=N–C) groups is 1. The molecule has 1 aliphatic rings. The average molecular weight is 566 g/mol. The molecular weight excluding hydrogens is 531 g/mol. The molecule has 0 saturated heterocycles. The molecule has 1 heterocycles. The number of benzene rings is 4. The maximum absolute atomic E-state index is 13.8. The topological polar surface area (TPSA) is 47.9 Å². The van der Waals surface area contributed by atoms with Gasteiger partial charge in [-0.3, -0.25) is 4.99 Å². The van der Waals surface area contributed by atoms with E-state index in [1.165, 1.54) is 0 Å². The number of fused-ring (bicyclic) bond motifs is 1. The van der Waals surface area contributed by atoms with E-state index in [2.05, 4.69) is 81.4 Å². The molecular formula is C34H35NO3SSi. The third-order valence-corrected chi connectivity index (χ3v) is 13.2. The van der Waals surface area contributed by atoms with Crippen molar-refractivity contribution < 1.29 is 14.0 Å². The summed E-state index contributed by atoms with van der Waals surface area (Å²) in [6.45, 7) is 8.84. The molecule has 40 heavy (non-hydrogen) atoms. The van der Waals surface area contributed by atoms with Crippen molar-refractivity contribution in [3.8, 4) is 5.75 Å². The number of rotatable bonds is 9. The number of thioether (sulfide) groups is 1. The fourth-order valence-corrected chi connectivity index (χ4v) is 10.8. The van der Waals surface area contributed by atoms with Crippen LogP contribution < -0.4 is 14.8 Å². The van der Waals surface area contributed by atoms with Crippen LogP contribution in [0.3, 0.4) is 0 Å². The van der Waals surface area contributed by atoms with Crippen LogP contribution in [0, 0.1) is 0 Å². The molecule has 204 valence electrons. The van der Waals surface area contributed by atoms with Gasteiger partial charge in [0.15, 0.2) is 0 Å². The van der Waals surface area contributed by atoms with Gasteiger partial charge in [-0.25, -0.2) is 4.79 Å². The number of ether oxygens (including phenoxy) is 1. The summed E-state index contributed by atoms with van der Waals surface area (Å²) in [6, 6.07) is 33.3. The van der Waals surface area contributed by atoms with Crippen molar-refractivity contribution >= 4 is 48.3 Å². The van der Waals surface area contributed by atoms with Gasteiger partial charge in [-0.2, -0.15) is 0 Å². The maximum Gasteiger partial charge on any atom is 0.342 e. The molecule has 4 aromatic rings. The quantitative estimate of drug-likeness (QED) is 0.121. The summed E-state index contributed by atoms with van der Waals surface area (Å²) in [4.78, 5) is 19.6. The van der Waals surface area contributed by atoms with Gasteiger partial charge in [0.05, 0.1) is 12.3 Å². The summed E-state index contributed by atoms with van der Waals surface area (Å²) < 4.78 is 13.1. The molecule has 6 heteroatoms. The number of carbonyl (C=O) groups is 1. The molecule has 4 aromatic carbocycles. The SMILES string of the molecule is CCOC(=O)c1c(O[Si](c2ccccc2)(c2ccccc2)C(C)(C)C)cc2c(c1CSc1ccccc1)N=CC2. The zero-order valence-corrected chi connectivity index (χ0v) is 25.3. The fraction of sp³-hybridized carbons (Fsp3) is 0.235. The summed E-state index contributed by atoms with van der Waals surface area (Å²) in [6.07, 6.45) is 2.63. The summed E-state index contributed by atoms with van der Waals surface area (Å²) in [5.41, 5.74) is 3.29. The molecule has 5 rings (SSSR count). The van der Waals surface area contributed by atoms with Crippen molar-refractivity contribution in [2.45, 2.75) is 49.8 Å². The van der Waals surface area contributed by atoms with Crippen LogP contribution in [0.25, 0.3) is 0 Å².